The van der Waals surface area contributed by atoms with E-state index in [1.165, 1.54) is 18.0 Å². The van der Waals surface area contributed by atoms with Gasteiger partial charge in [0.15, 0.2) is 27.7 Å². The molecule has 4 rings (SSSR count). The largest absolute Gasteiger partial charge is 0.454 e. The van der Waals surface area contributed by atoms with E-state index in [1.807, 2.05) is 16.7 Å². The number of hydrogen-bond donors (Lipinski definition) is 4. The van der Waals surface area contributed by atoms with Crippen LogP contribution < -0.4 is 20.5 Å². The maximum atomic E-state index is 11.3. The minimum atomic E-state index is -1.95. The molecule has 0 amide bonds. The third-order valence-electron chi connectivity index (χ3n) is 4.38. The van der Waals surface area contributed by atoms with Gasteiger partial charge < -0.3 is 39.8 Å². The molecule has 1 aromatic heterocycles. The Balaban J connectivity index is 1.70. The van der Waals surface area contributed by atoms with Gasteiger partial charge in [-0.3, -0.25) is 0 Å². The van der Waals surface area contributed by atoms with E-state index in [2.05, 4.69) is 15.3 Å². The molecule has 0 saturated carbocycles. The maximum Gasteiger partial charge on any atom is 0.231 e. The van der Waals surface area contributed by atoms with Gasteiger partial charge in [-0.05, 0) is 17.7 Å². The first-order valence-corrected chi connectivity index (χ1v) is 11.0. The Morgan fingerprint density at radius 1 is 1.43 bits per heavy atom. The van der Waals surface area contributed by atoms with Crippen molar-refractivity contribution in [1.29, 1.82) is 5.41 Å². The van der Waals surface area contributed by atoms with Crippen molar-refractivity contribution in [3.8, 4) is 11.5 Å². The second-order valence-electron chi connectivity index (χ2n) is 6.28. The molecule has 0 saturated heterocycles. The van der Waals surface area contributed by atoms with Crippen LogP contribution in [0.25, 0.3) is 0 Å². The molecular formula is C17H20N6O5S2. The van der Waals surface area contributed by atoms with E-state index < -0.39 is 11.1 Å². The molecule has 30 heavy (non-hydrogen) atoms. The van der Waals surface area contributed by atoms with Crippen LogP contribution in [0.15, 0.2) is 27.2 Å². The van der Waals surface area contributed by atoms with Gasteiger partial charge in [-0.15, -0.1) is 0 Å². The molecule has 2 aliphatic rings. The van der Waals surface area contributed by atoms with Crippen molar-refractivity contribution >= 4 is 40.7 Å². The third kappa shape index (κ3) is 4.28. The van der Waals surface area contributed by atoms with E-state index in [0.717, 1.165) is 10.5 Å². The molecule has 1 atom stereocenters. The van der Waals surface area contributed by atoms with Crippen LogP contribution in [0.4, 0.5) is 5.82 Å². The fraction of sp³-hybridized carbons (Fsp3) is 0.353. The molecule has 0 aliphatic carbocycles. The van der Waals surface area contributed by atoms with Crippen LogP contribution in [0.1, 0.15) is 11.3 Å². The third-order valence-corrected chi connectivity index (χ3v) is 6.00. The quantitative estimate of drug-likeness (QED) is 0.250. The van der Waals surface area contributed by atoms with Crippen molar-refractivity contribution < 1.29 is 23.0 Å². The monoisotopic (exact) mass is 452 g/mol. The highest BCUT2D eigenvalue weighted by Gasteiger charge is 2.25. The molecule has 0 bridgehead atoms. The van der Waals surface area contributed by atoms with Gasteiger partial charge in [0.1, 0.15) is 24.0 Å². The Kier molecular flexibility index (Phi) is 6.22. The predicted octanol–water partition coefficient (Wildman–Crippen LogP) is 1.24. The number of fused-ring (bicyclic) bond motifs is 2. The lowest BCUT2D eigenvalue weighted by Crippen LogP contribution is -2.24. The average molecular weight is 453 g/mol. The number of nitrogens with zero attached hydrogens (tertiary/aromatic N) is 3. The fourth-order valence-electron chi connectivity index (χ4n) is 3.02. The van der Waals surface area contributed by atoms with Gasteiger partial charge in [0.2, 0.25) is 6.79 Å². The van der Waals surface area contributed by atoms with Crippen LogP contribution in [0, 0.1) is 5.41 Å². The zero-order valence-corrected chi connectivity index (χ0v) is 17.4. The molecule has 3 heterocycles. The molecule has 0 fully saturated rings. The number of ether oxygens (including phenoxy) is 3. The van der Waals surface area contributed by atoms with Gasteiger partial charge in [0.25, 0.3) is 0 Å². The predicted molar refractivity (Wildman–Crippen MR) is 112 cm³/mol. The molecular weight excluding hydrogens is 432 g/mol. The number of amidine groups is 1. The van der Waals surface area contributed by atoms with Gasteiger partial charge >= 0.3 is 0 Å². The van der Waals surface area contributed by atoms with Gasteiger partial charge in [-0.1, -0.05) is 11.8 Å². The smallest absolute Gasteiger partial charge is 0.231 e. The summed E-state index contributed by atoms with van der Waals surface area (Å²) in [5.74, 6) is 2.27. The zero-order chi connectivity index (χ0) is 21.1. The lowest BCUT2D eigenvalue weighted by atomic mass is 10.2. The van der Waals surface area contributed by atoms with Crippen LogP contribution in [-0.4, -0.2) is 56.2 Å². The number of aromatic nitrogens is 2. The van der Waals surface area contributed by atoms with Gasteiger partial charge in [0, 0.05) is 17.7 Å². The summed E-state index contributed by atoms with van der Waals surface area (Å²) in [6.45, 7) is 1.20. The first-order chi connectivity index (χ1) is 14.6. The van der Waals surface area contributed by atoms with Crippen molar-refractivity contribution in [3.05, 3.63) is 23.4 Å². The molecule has 0 radical (unpaired) electrons. The highest BCUT2D eigenvalue weighted by Crippen LogP contribution is 2.41. The number of imidazole rings is 1. The summed E-state index contributed by atoms with van der Waals surface area (Å²) in [6.07, 6.45) is 1.18. The Bertz CT molecular complexity index is 1020. The molecule has 2 aromatic rings. The first-order valence-electron chi connectivity index (χ1n) is 8.96. The molecule has 2 aliphatic heterocycles. The van der Waals surface area contributed by atoms with Gasteiger partial charge in [-0.25, -0.2) is 14.2 Å². The summed E-state index contributed by atoms with van der Waals surface area (Å²) < 4.78 is 38.8. The lowest BCUT2D eigenvalue weighted by molar-refractivity contribution is 0.157. The van der Waals surface area contributed by atoms with Crippen LogP contribution in [0.2, 0.25) is 0 Å². The van der Waals surface area contributed by atoms with Crippen LogP contribution in [0.5, 0.6) is 11.5 Å². The number of nitrogens with two attached hydrogens (primary N) is 1. The molecule has 1 unspecified atom stereocenters. The van der Waals surface area contributed by atoms with Crippen molar-refractivity contribution in [2.24, 2.45) is 10.7 Å². The number of benzene rings is 1. The minimum Gasteiger partial charge on any atom is -0.454 e. The van der Waals surface area contributed by atoms with E-state index >= 15 is 0 Å². The summed E-state index contributed by atoms with van der Waals surface area (Å²) in [5.41, 5.74) is 7.36. The maximum absolute atomic E-state index is 11.3. The van der Waals surface area contributed by atoms with Crippen molar-refractivity contribution in [2.45, 2.75) is 23.2 Å². The summed E-state index contributed by atoms with van der Waals surface area (Å²) in [4.78, 5) is 9.60. The van der Waals surface area contributed by atoms with Crippen LogP contribution in [-0.2, 0) is 29.0 Å². The van der Waals surface area contributed by atoms with E-state index in [4.69, 9.17) is 25.4 Å². The molecule has 13 heteroatoms. The van der Waals surface area contributed by atoms with Gasteiger partial charge in [0.05, 0.1) is 19.0 Å². The van der Waals surface area contributed by atoms with Crippen molar-refractivity contribution in [2.75, 3.05) is 31.1 Å². The normalized spacial score (nSPS) is 15.3. The van der Waals surface area contributed by atoms with E-state index in [1.54, 1.807) is 0 Å². The zero-order valence-electron chi connectivity index (χ0n) is 15.8. The first kappa shape index (κ1) is 20.7. The summed E-state index contributed by atoms with van der Waals surface area (Å²) in [6, 6.07) is 3.70. The number of nitrogens with one attached hydrogen (secondary N) is 2. The average Bonchev–Trinajstić information content (AvgIpc) is 3.31. The summed E-state index contributed by atoms with van der Waals surface area (Å²) in [7, 11) is 0. The van der Waals surface area contributed by atoms with Crippen LogP contribution in [0.3, 0.4) is 0 Å². The number of hydrogen-bond acceptors (Lipinski definition) is 10. The number of anilines is 1. The highest BCUT2D eigenvalue weighted by molar-refractivity contribution is 7.99. The topological polar surface area (TPSA) is 157 Å². The van der Waals surface area contributed by atoms with Gasteiger partial charge in [-0.2, -0.15) is 0 Å². The minimum absolute atomic E-state index is 0.0472. The van der Waals surface area contributed by atoms with Crippen molar-refractivity contribution in [3.63, 3.8) is 0 Å². The lowest BCUT2D eigenvalue weighted by Gasteiger charge is -2.15. The summed E-state index contributed by atoms with van der Waals surface area (Å²) >= 11 is -0.589. The molecule has 0 spiro atoms. The molecule has 11 nitrogen and oxygen atoms in total. The number of aliphatic imine (C=N–C) groups is 1. The number of rotatable bonds is 9. The standard InChI is InChI=1S/C17H20N6O5S2/c18-1-3-26-7-10-5-11-12(28-9-27-11)6-13(10)29-17-22-14-15(19)20-8-21-16(14)23(17)2-4-30(24)25/h1,5-6,18,21H,2-4,7-9H2,(H2,19,20)(H,24,25). The fourth-order valence-corrected chi connectivity index (χ4v) is 4.40. The Labute approximate surface area is 178 Å². The summed E-state index contributed by atoms with van der Waals surface area (Å²) in [5, 5.41) is 10.9. The molecule has 160 valence electrons. The van der Waals surface area contributed by atoms with Crippen LogP contribution >= 0.6 is 11.8 Å². The Morgan fingerprint density at radius 3 is 3.00 bits per heavy atom. The second-order valence-corrected chi connectivity index (χ2v) is 8.34. The SMILES string of the molecule is N=CCOCc1cc2c(cc1Sc1nc3c(n1CCS(=O)O)NCN=C3N)OCO2. The molecule has 1 aromatic carbocycles. The second kappa shape index (κ2) is 9.04. The Hall–Kier alpha value is -2.61. The van der Waals surface area contributed by atoms with E-state index in [-0.39, 0.29) is 32.3 Å². The molecule has 5 N–H and O–H groups in total. The Morgan fingerprint density at radius 2 is 2.23 bits per heavy atom. The van der Waals surface area contributed by atoms with E-state index in [0.29, 0.717) is 40.7 Å². The van der Waals surface area contributed by atoms with E-state index in [9.17, 15) is 8.76 Å². The highest BCUT2D eigenvalue weighted by atomic mass is 32.2. The van der Waals surface area contributed by atoms with Crippen molar-refractivity contribution in [1.82, 2.24) is 9.55 Å².